The lowest BCUT2D eigenvalue weighted by molar-refractivity contribution is -0.0155. The summed E-state index contributed by atoms with van der Waals surface area (Å²) in [7, 11) is 0. The molecule has 1 fully saturated rings. The Morgan fingerprint density at radius 3 is 2.62 bits per heavy atom. The van der Waals surface area contributed by atoms with Crippen LogP contribution in [0, 0.1) is 5.95 Å². The first-order valence-corrected chi connectivity index (χ1v) is 8.37. The van der Waals surface area contributed by atoms with Gasteiger partial charge in [0, 0.05) is 50.9 Å². The van der Waals surface area contributed by atoms with Gasteiger partial charge in [0.15, 0.2) is 5.82 Å². The summed E-state index contributed by atoms with van der Waals surface area (Å²) in [4.78, 5) is 25.9. The van der Waals surface area contributed by atoms with Crippen LogP contribution in [-0.4, -0.2) is 58.5 Å². The first kappa shape index (κ1) is 18.7. The fourth-order valence-electron chi connectivity index (χ4n) is 2.85. The number of hydrogen-bond donors (Lipinski definition) is 1. The normalized spacial score (nSPS) is 16.1. The summed E-state index contributed by atoms with van der Waals surface area (Å²) >= 11 is 6.09. The Hall–Kier alpha value is -2.13. The van der Waals surface area contributed by atoms with Gasteiger partial charge in [-0.15, -0.1) is 0 Å². The number of rotatable bonds is 4. The number of pyridine rings is 1. The van der Waals surface area contributed by atoms with Crippen molar-refractivity contribution in [2.24, 2.45) is 0 Å². The van der Waals surface area contributed by atoms with Crippen molar-refractivity contribution in [1.82, 2.24) is 19.9 Å². The average Bonchev–Trinajstić information content (AvgIpc) is 2.57. The zero-order chi connectivity index (χ0) is 18.9. The van der Waals surface area contributed by atoms with Crippen LogP contribution in [0.4, 0.5) is 19.0 Å². The smallest absolute Gasteiger partial charge is 0.272 e. The quantitative estimate of drug-likeness (QED) is 0.816. The molecule has 1 N–H and O–H groups in total. The minimum Gasteiger partial charge on any atom is -0.353 e. The van der Waals surface area contributed by atoms with Gasteiger partial charge in [-0.25, -0.2) is 18.7 Å². The van der Waals surface area contributed by atoms with Crippen molar-refractivity contribution in [2.45, 2.75) is 12.8 Å². The Labute approximate surface area is 152 Å². The molecule has 1 aliphatic heterocycles. The van der Waals surface area contributed by atoms with E-state index in [1.165, 1.54) is 12.3 Å². The number of piperazine rings is 1. The Kier molecular flexibility index (Phi) is 5.19. The monoisotopic (exact) mass is 387 g/mol. The lowest BCUT2D eigenvalue weighted by Crippen LogP contribution is -2.50. The highest BCUT2D eigenvalue weighted by Crippen LogP contribution is 2.25. The third-order valence-electron chi connectivity index (χ3n) is 4.02. The first-order chi connectivity index (χ1) is 12.2. The Morgan fingerprint density at radius 2 is 2.00 bits per heavy atom. The van der Waals surface area contributed by atoms with Gasteiger partial charge in [0.2, 0.25) is 5.95 Å². The van der Waals surface area contributed by atoms with E-state index in [2.05, 4.69) is 15.0 Å². The molecule has 0 bridgehead atoms. The SMILES string of the molecule is CC(F)(F)CN1CCN(c2nc(-c3ccnc(F)c3)[nH]c(=O)c2Cl)CC1. The summed E-state index contributed by atoms with van der Waals surface area (Å²) in [5, 5.41) is -0.0856. The van der Waals surface area contributed by atoms with E-state index in [0.717, 1.165) is 13.0 Å². The largest absolute Gasteiger partial charge is 0.353 e. The van der Waals surface area contributed by atoms with Crippen LogP contribution in [0.15, 0.2) is 23.1 Å². The fraction of sp³-hybridized carbons (Fsp3) is 0.438. The molecule has 0 radical (unpaired) electrons. The third-order valence-corrected chi connectivity index (χ3v) is 4.36. The lowest BCUT2D eigenvalue weighted by Gasteiger charge is -2.36. The molecular formula is C16H17ClF3N5O. The third kappa shape index (κ3) is 4.34. The van der Waals surface area contributed by atoms with E-state index < -0.39 is 17.4 Å². The van der Waals surface area contributed by atoms with E-state index in [0.29, 0.717) is 31.7 Å². The molecule has 10 heteroatoms. The number of halogens is 4. The van der Waals surface area contributed by atoms with E-state index in [1.807, 2.05) is 0 Å². The molecule has 0 amide bonds. The number of H-pyrrole nitrogens is 1. The number of aromatic nitrogens is 3. The van der Waals surface area contributed by atoms with E-state index >= 15 is 0 Å². The van der Waals surface area contributed by atoms with Crippen LogP contribution in [0.25, 0.3) is 11.4 Å². The van der Waals surface area contributed by atoms with Crippen molar-refractivity contribution in [3.8, 4) is 11.4 Å². The number of nitrogens with one attached hydrogen (secondary N) is 1. The molecule has 1 aliphatic rings. The van der Waals surface area contributed by atoms with Gasteiger partial charge in [-0.3, -0.25) is 9.69 Å². The molecule has 0 saturated carbocycles. The molecule has 26 heavy (non-hydrogen) atoms. The molecule has 1 saturated heterocycles. The minimum absolute atomic E-state index is 0.0856. The molecule has 3 heterocycles. The van der Waals surface area contributed by atoms with Crippen LogP contribution >= 0.6 is 11.6 Å². The number of anilines is 1. The predicted molar refractivity (Wildman–Crippen MR) is 92.3 cm³/mol. The average molecular weight is 388 g/mol. The summed E-state index contributed by atoms with van der Waals surface area (Å²) in [6.45, 7) is 2.15. The molecule has 2 aromatic heterocycles. The number of aromatic amines is 1. The van der Waals surface area contributed by atoms with Gasteiger partial charge in [-0.2, -0.15) is 4.39 Å². The molecular weight excluding hydrogens is 371 g/mol. The second-order valence-electron chi connectivity index (χ2n) is 6.25. The highest BCUT2D eigenvalue weighted by molar-refractivity contribution is 6.32. The maximum Gasteiger partial charge on any atom is 0.272 e. The maximum atomic E-state index is 13.3. The van der Waals surface area contributed by atoms with E-state index in [4.69, 9.17) is 11.6 Å². The standard InChI is InChI=1S/C16H17ClF3N5O/c1-16(19,20)9-24-4-6-25(7-5-24)14-12(17)15(26)23-13(22-14)10-2-3-21-11(18)8-10/h2-3,8H,4-7,9H2,1H3,(H,22,23,26). The lowest BCUT2D eigenvalue weighted by atomic mass is 10.2. The summed E-state index contributed by atoms with van der Waals surface area (Å²) in [6.07, 6.45) is 1.27. The summed E-state index contributed by atoms with van der Waals surface area (Å²) in [5.74, 6) is -3.04. The van der Waals surface area contributed by atoms with E-state index in [9.17, 15) is 18.0 Å². The molecule has 3 rings (SSSR count). The number of hydrogen-bond acceptors (Lipinski definition) is 5. The van der Waals surface area contributed by atoms with Crippen molar-refractivity contribution in [2.75, 3.05) is 37.6 Å². The molecule has 6 nitrogen and oxygen atoms in total. The van der Waals surface area contributed by atoms with Gasteiger partial charge in [0.05, 0.1) is 6.54 Å². The fourth-order valence-corrected chi connectivity index (χ4v) is 3.06. The van der Waals surface area contributed by atoms with Gasteiger partial charge in [0.25, 0.3) is 11.5 Å². The molecule has 0 aromatic carbocycles. The summed E-state index contributed by atoms with van der Waals surface area (Å²) in [6, 6.07) is 2.66. The van der Waals surface area contributed by atoms with Crippen molar-refractivity contribution < 1.29 is 13.2 Å². The maximum absolute atomic E-state index is 13.3. The van der Waals surface area contributed by atoms with Crippen LogP contribution < -0.4 is 10.5 Å². The van der Waals surface area contributed by atoms with Crippen molar-refractivity contribution in [3.05, 3.63) is 39.7 Å². The molecule has 140 valence electrons. The van der Waals surface area contributed by atoms with Crippen LogP contribution in [-0.2, 0) is 0 Å². The first-order valence-electron chi connectivity index (χ1n) is 8.00. The highest BCUT2D eigenvalue weighted by atomic mass is 35.5. The van der Waals surface area contributed by atoms with Crippen LogP contribution in [0.1, 0.15) is 6.92 Å². The molecule has 0 spiro atoms. The molecule has 0 atom stereocenters. The predicted octanol–water partition coefficient (Wildman–Crippen LogP) is 2.40. The zero-order valence-corrected chi connectivity index (χ0v) is 14.7. The Balaban J connectivity index is 1.84. The Bertz CT molecular complexity index is 847. The van der Waals surface area contributed by atoms with Crippen molar-refractivity contribution in [3.63, 3.8) is 0 Å². The number of alkyl halides is 2. The van der Waals surface area contributed by atoms with Gasteiger partial charge in [-0.1, -0.05) is 11.6 Å². The molecule has 0 aliphatic carbocycles. The minimum atomic E-state index is -2.76. The van der Waals surface area contributed by atoms with Crippen molar-refractivity contribution >= 4 is 17.4 Å². The molecule has 2 aromatic rings. The van der Waals surface area contributed by atoms with Gasteiger partial charge >= 0.3 is 0 Å². The van der Waals surface area contributed by atoms with Crippen molar-refractivity contribution in [1.29, 1.82) is 0 Å². The van der Waals surface area contributed by atoms with E-state index in [1.54, 1.807) is 9.80 Å². The zero-order valence-electron chi connectivity index (χ0n) is 14.0. The van der Waals surface area contributed by atoms with Gasteiger partial charge in [-0.05, 0) is 6.07 Å². The summed E-state index contributed by atoms with van der Waals surface area (Å²) in [5.41, 5.74) is -0.191. The topological polar surface area (TPSA) is 65.1 Å². The Morgan fingerprint density at radius 1 is 1.31 bits per heavy atom. The highest BCUT2D eigenvalue weighted by Gasteiger charge is 2.29. The van der Waals surface area contributed by atoms with Crippen LogP contribution in [0.2, 0.25) is 5.02 Å². The second kappa shape index (κ2) is 7.24. The van der Waals surface area contributed by atoms with E-state index in [-0.39, 0.29) is 23.2 Å². The number of nitrogens with zero attached hydrogens (tertiary/aromatic N) is 4. The van der Waals surface area contributed by atoms with Crippen LogP contribution in [0.5, 0.6) is 0 Å². The van der Waals surface area contributed by atoms with Gasteiger partial charge in [0.1, 0.15) is 10.8 Å². The van der Waals surface area contributed by atoms with Gasteiger partial charge < -0.3 is 9.88 Å². The van der Waals surface area contributed by atoms with Crippen LogP contribution in [0.3, 0.4) is 0 Å². The summed E-state index contributed by atoms with van der Waals surface area (Å²) < 4.78 is 39.6. The second-order valence-corrected chi connectivity index (χ2v) is 6.63. The molecule has 0 unspecified atom stereocenters.